The molecular weight excluding hydrogens is 394 g/mol. The first-order chi connectivity index (χ1) is 13.3. The number of nitrogens with one attached hydrogen (secondary N) is 1. The molecule has 0 spiro atoms. The highest BCUT2D eigenvalue weighted by Crippen LogP contribution is 2.40. The third-order valence-corrected chi connectivity index (χ3v) is 5.08. The summed E-state index contributed by atoms with van der Waals surface area (Å²) in [6.45, 7) is 0.718. The lowest BCUT2D eigenvalue weighted by Gasteiger charge is -2.10. The highest BCUT2D eigenvalue weighted by Gasteiger charge is 2.32. The van der Waals surface area contributed by atoms with Crippen molar-refractivity contribution in [3.8, 4) is 16.9 Å². The topological polar surface area (TPSA) is 29.9 Å². The first kappa shape index (κ1) is 18.8. The van der Waals surface area contributed by atoms with E-state index in [1.54, 1.807) is 16.8 Å². The van der Waals surface area contributed by atoms with Gasteiger partial charge >= 0.3 is 6.18 Å². The quantitative estimate of drug-likeness (QED) is 0.518. The van der Waals surface area contributed by atoms with Crippen LogP contribution in [0.2, 0.25) is 5.02 Å². The molecule has 0 saturated carbocycles. The number of alkyl halides is 3. The predicted octanol–water partition coefficient (Wildman–Crippen LogP) is 6.10. The van der Waals surface area contributed by atoms with Crippen LogP contribution in [0, 0.1) is 5.82 Å². The van der Waals surface area contributed by atoms with Gasteiger partial charge in [0, 0.05) is 17.7 Å². The van der Waals surface area contributed by atoms with Crippen molar-refractivity contribution in [3.05, 3.63) is 64.4 Å². The number of hydrogen-bond acceptors (Lipinski definition) is 2. The van der Waals surface area contributed by atoms with E-state index in [0.717, 1.165) is 37.1 Å². The van der Waals surface area contributed by atoms with Gasteiger partial charge in [-0.3, -0.25) is 0 Å². The zero-order chi connectivity index (χ0) is 19.9. The monoisotopic (exact) mass is 409 g/mol. The van der Waals surface area contributed by atoms with Crippen LogP contribution >= 0.6 is 11.6 Å². The first-order valence-corrected chi connectivity index (χ1v) is 9.21. The third kappa shape index (κ3) is 3.46. The molecule has 1 aliphatic rings. The zero-order valence-corrected chi connectivity index (χ0v) is 15.4. The summed E-state index contributed by atoms with van der Waals surface area (Å²) >= 11 is 6.25. The van der Waals surface area contributed by atoms with Crippen molar-refractivity contribution >= 4 is 17.4 Å². The SMILES string of the molecule is Fc1ccc(-n2nc(-c3cc(C(F)(F)F)ccc3Cl)c3c2NCCCC3)cc1. The molecule has 2 heterocycles. The number of aromatic nitrogens is 2. The van der Waals surface area contributed by atoms with Crippen molar-refractivity contribution < 1.29 is 17.6 Å². The van der Waals surface area contributed by atoms with Crippen LogP contribution in [0.4, 0.5) is 23.4 Å². The molecule has 0 amide bonds. The number of fused-ring (bicyclic) bond motifs is 1. The van der Waals surface area contributed by atoms with Crippen LogP contribution in [0.5, 0.6) is 0 Å². The van der Waals surface area contributed by atoms with Gasteiger partial charge in [0.2, 0.25) is 0 Å². The van der Waals surface area contributed by atoms with E-state index >= 15 is 0 Å². The molecular formula is C20H16ClF4N3. The molecule has 1 aliphatic heterocycles. The average molecular weight is 410 g/mol. The lowest BCUT2D eigenvalue weighted by molar-refractivity contribution is -0.137. The second kappa shape index (κ2) is 7.13. The summed E-state index contributed by atoms with van der Waals surface area (Å²) in [5, 5.41) is 8.07. The molecule has 1 aromatic heterocycles. The molecule has 0 atom stereocenters. The van der Waals surface area contributed by atoms with E-state index in [1.165, 1.54) is 18.2 Å². The Bertz CT molecular complexity index is 1010. The Morgan fingerprint density at radius 1 is 1.04 bits per heavy atom. The zero-order valence-electron chi connectivity index (χ0n) is 14.7. The maximum atomic E-state index is 13.3. The molecule has 2 aromatic carbocycles. The number of anilines is 1. The second-order valence-electron chi connectivity index (χ2n) is 6.64. The Labute approximate surface area is 163 Å². The highest BCUT2D eigenvalue weighted by atomic mass is 35.5. The van der Waals surface area contributed by atoms with E-state index in [0.29, 0.717) is 23.6 Å². The number of hydrogen-bond donors (Lipinski definition) is 1. The molecule has 0 unspecified atom stereocenters. The van der Waals surface area contributed by atoms with Crippen LogP contribution in [-0.2, 0) is 12.6 Å². The van der Waals surface area contributed by atoms with Crippen molar-refractivity contribution in [2.45, 2.75) is 25.4 Å². The van der Waals surface area contributed by atoms with Crippen LogP contribution in [0.15, 0.2) is 42.5 Å². The van der Waals surface area contributed by atoms with Gasteiger partial charge in [0.05, 0.1) is 22.0 Å². The van der Waals surface area contributed by atoms with Crippen LogP contribution in [-0.4, -0.2) is 16.3 Å². The summed E-state index contributed by atoms with van der Waals surface area (Å²) in [4.78, 5) is 0. The van der Waals surface area contributed by atoms with Gasteiger partial charge in [-0.05, 0) is 61.7 Å². The Balaban J connectivity index is 1.92. The molecule has 0 saturated heterocycles. The minimum atomic E-state index is -4.48. The molecule has 0 aliphatic carbocycles. The van der Waals surface area contributed by atoms with E-state index in [-0.39, 0.29) is 16.4 Å². The minimum absolute atomic E-state index is 0.198. The summed E-state index contributed by atoms with van der Waals surface area (Å²) < 4.78 is 54.6. The molecule has 0 radical (unpaired) electrons. The molecule has 1 N–H and O–H groups in total. The Morgan fingerprint density at radius 3 is 2.50 bits per heavy atom. The largest absolute Gasteiger partial charge is 0.416 e. The van der Waals surface area contributed by atoms with Crippen LogP contribution in [0.25, 0.3) is 16.9 Å². The van der Waals surface area contributed by atoms with Gasteiger partial charge < -0.3 is 5.32 Å². The van der Waals surface area contributed by atoms with Gasteiger partial charge in [-0.1, -0.05) is 11.6 Å². The fourth-order valence-electron chi connectivity index (χ4n) is 3.37. The molecule has 0 bridgehead atoms. The molecule has 146 valence electrons. The third-order valence-electron chi connectivity index (χ3n) is 4.75. The smallest absolute Gasteiger partial charge is 0.370 e. The normalized spacial score (nSPS) is 14.3. The van der Waals surface area contributed by atoms with E-state index in [4.69, 9.17) is 11.6 Å². The average Bonchev–Trinajstić information content (AvgIpc) is 2.83. The molecule has 8 heteroatoms. The molecule has 4 rings (SSSR count). The Morgan fingerprint density at radius 2 is 1.79 bits per heavy atom. The van der Waals surface area contributed by atoms with Gasteiger partial charge in [0.15, 0.2) is 0 Å². The molecule has 0 fully saturated rings. The van der Waals surface area contributed by atoms with E-state index < -0.39 is 11.7 Å². The Kier molecular flexibility index (Phi) is 4.79. The van der Waals surface area contributed by atoms with Crippen molar-refractivity contribution in [2.75, 3.05) is 11.9 Å². The molecule has 28 heavy (non-hydrogen) atoms. The lowest BCUT2D eigenvalue weighted by atomic mass is 10.0. The number of halogens is 5. The molecule has 3 nitrogen and oxygen atoms in total. The Hall–Kier alpha value is -2.54. The summed E-state index contributed by atoms with van der Waals surface area (Å²) in [7, 11) is 0. The van der Waals surface area contributed by atoms with Gasteiger partial charge in [-0.15, -0.1) is 0 Å². The van der Waals surface area contributed by atoms with Crippen LogP contribution in [0.1, 0.15) is 24.0 Å². The van der Waals surface area contributed by atoms with Gasteiger partial charge in [-0.25, -0.2) is 9.07 Å². The second-order valence-corrected chi connectivity index (χ2v) is 7.05. The van der Waals surface area contributed by atoms with Gasteiger partial charge in [0.25, 0.3) is 0 Å². The summed E-state index contributed by atoms with van der Waals surface area (Å²) in [5.74, 6) is 0.323. The summed E-state index contributed by atoms with van der Waals surface area (Å²) in [6, 6.07) is 9.02. The fourth-order valence-corrected chi connectivity index (χ4v) is 3.58. The van der Waals surface area contributed by atoms with Crippen LogP contribution < -0.4 is 5.32 Å². The van der Waals surface area contributed by atoms with E-state index in [9.17, 15) is 17.6 Å². The van der Waals surface area contributed by atoms with Crippen molar-refractivity contribution in [1.82, 2.24) is 9.78 Å². The fraction of sp³-hybridized carbons (Fsp3) is 0.250. The van der Waals surface area contributed by atoms with Gasteiger partial charge in [0.1, 0.15) is 11.6 Å². The van der Waals surface area contributed by atoms with E-state index in [2.05, 4.69) is 10.4 Å². The summed E-state index contributed by atoms with van der Waals surface area (Å²) in [5.41, 5.74) is 1.28. The van der Waals surface area contributed by atoms with Crippen molar-refractivity contribution in [2.24, 2.45) is 0 Å². The maximum absolute atomic E-state index is 13.3. The number of nitrogens with zero attached hydrogens (tertiary/aromatic N) is 2. The van der Waals surface area contributed by atoms with E-state index in [1.807, 2.05) is 0 Å². The standard InChI is InChI=1S/C20H16ClF4N3/c21-17-9-4-12(20(23,24)25)11-16(17)18-15-3-1-2-10-26-19(15)28(27-18)14-7-5-13(22)6-8-14/h4-9,11,26H,1-3,10H2. The highest BCUT2D eigenvalue weighted by molar-refractivity contribution is 6.33. The lowest BCUT2D eigenvalue weighted by Crippen LogP contribution is -2.07. The van der Waals surface area contributed by atoms with Crippen LogP contribution in [0.3, 0.4) is 0 Å². The minimum Gasteiger partial charge on any atom is -0.370 e. The summed E-state index contributed by atoms with van der Waals surface area (Å²) in [6.07, 6.45) is -2.02. The predicted molar refractivity (Wildman–Crippen MR) is 100 cm³/mol. The number of benzene rings is 2. The van der Waals surface area contributed by atoms with Crippen molar-refractivity contribution in [1.29, 1.82) is 0 Å². The first-order valence-electron chi connectivity index (χ1n) is 8.83. The number of rotatable bonds is 2. The molecule has 3 aromatic rings. The maximum Gasteiger partial charge on any atom is 0.416 e. The van der Waals surface area contributed by atoms with Crippen molar-refractivity contribution in [3.63, 3.8) is 0 Å². The van der Waals surface area contributed by atoms with Gasteiger partial charge in [-0.2, -0.15) is 18.3 Å².